The van der Waals surface area contributed by atoms with E-state index in [9.17, 15) is 18.4 Å². The molecule has 0 bridgehead atoms. The summed E-state index contributed by atoms with van der Waals surface area (Å²) in [5.74, 6) is -3.77. The maximum Gasteiger partial charge on any atom is 0.319 e. The molecule has 0 saturated heterocycles. The molecule has 0 radical (unpaired) electrons. The molecule has 0 saturated carbocycles. The molecule has 19 heavy (non-hydrogen) atoms. The summed E-state index contributed by atoms with van der Waals surface area (Å²) in [7, 11) is 0. The Morgan fingerprint density at radius 1 is 1.32 bits per heavy atom. The minimum Gasteiger partial charge on any atom is -0.481 e. The van der Waals surface area contributed by atoms with Gasteiger partial charge in [-0.25, -0.2) is 13.6 Å². The normalized spacial score (nSPS) is 11.7. The molecule has 7 heteroatoms. The van der Waals surface area contributed by atoms with Gasteiger partial charge in [-0.15, -0.1) is 0 Å². The maximum absolute atomic E-state index is 12.9. The quantitative estimate of drug-likeness (QED) is 0.768. The van der Waals surface area contributed by atoms with Crippen molar-refractivity contribution in [2.75, 3.05) is 11.9 Å². The van der Waals surface area contributed by atoms with Crippen LogP contribution in [0.2, 0.25) is 0 Å². The van der Waals surface area contributed by atoms with Crippen LogP contribution in [0.15, 0.2) is 18.2 Å². The minimum atomic E-state index is -1.07. The lowest BCUT2D eigenvalue weighted by atomic mass is 10.1. The van der Waals surface area contributed by atoms with E-state index in [1.807, 2.05) is 0 Å². The van der Waals surface area contributed by atoms with Gasteiger partial charge in [-0.3, -0.25) is 4.79 Å². The summed E-state index contributed by atoms with van der Waals surface area (Å²) >= 11 is 0. The zero-order chi connectivity index (χ0) is 14.4. The van der Waals surface area contributed by atoms with E-state index in [2.05, 4.69) is 10.6 Å². The van der Waals surface area contributed by atoms with Gasteiger partial charge in [0, 0.05) is 18.3 Å². The van der Waals surface area contributed by atoms with Crippen molar-refractivity contribution in [3.63, 3.8) is 0 Å². The summed E-state index contributed by atoms with van der Waals surface area (Å²) in [4.78, 5) is 22.1. The number of nitrogens with one attached hydrogen (secondary N) is 2. The number of benzene rings is 1. The third-order valence-electron chi connectivity index (χ3n) is 2.53. The molecule has 2 amide bonds. The standard InChI is InChI=1S/C12H14F2N2O3/c1-2-7(11(17)18)6-15-12(19)16-8-3-4-9(13)10(14)5-8/h3-5,7H,2,6H2,1H3,(H,17,18)(H2,15,16,19). The van der Waals surface area contributed by atoms with Gasteiger partial charge in [-0.2, -0.15) is 0 Å². The number of rotatable bonds is 5. The highest BCUT2D eigenvalue weighted by atomic mass is 19.2. The Balaban J connectivity index is 2.51. The Kier molecular flexibility index (Phi) is 5.23. The fraction of sp³-hybridized carbons (Fsp3) is 0.333. The first-order valence-electron chi connectivity index (χ1n) is 5.66. The van der Waals surface area contributed by atoms with E-state index in [-0.39, 0.29) is 12.2 Å². The number of hydrogen-bond acceptors (Lipinski definition) is 2. The molecule has 3 N–H and O–H groups in total. The van der Waals surface area contributed by atoms with Crippen molar-refractivity contribution in [1.82, 2.24) is 5.32 Å². The van der Waals surface area contributed by atoms with Crippen LogP contribution in [0, 0.1) is 17.6 Å². The number of carbonyl (C=O) groups excluding carboxylic acids is 1. The van der Waals surface area contributed by atoms with E-state index >= 15 is 0 Å². The van der Waals surface area contributed by atoms with Gasteiger partial charge < -0.3 is 15.7 Å². The van der Waals surface area contributed by atoms with Crippen molar-refractivity contribution in [3.05, 3.63) is 29.8 Å². The van der Waals surface area contributed by atoms with Crippen LogP contribution in [0.5, 0.6) is 0 Å². The van der Waals surface area contributed by atoms with E-state index in [1.54, 1.807) is 6.92 Å². The molecule has 1 atom stereocenters. The van der Waals surface area contributed by atoms with Crippen LogP contribution in [0.3, 0.4) is 0 Å². The first-order valence-corrected chi connectivity index (χ1v) is 5.66. The number of amides is 2. The van der Waals surface area contributed by atoms with Crippen molar-refractivity contribution < 1.29 is 23.5 Å². The van der Waals surface area contributed by atoms with Gasteiger partial charge in [-0.05, 0) is 18.6 Å². The van der Waals surface area contributed by atoms with Gasteiger partial charge in [0.2, 0.25) is 0 Å². The third kappa shape index (κ3) is 4.53. The zero-order valence-corrected chi connectivity index (χ0v) is 10.2. The van der Waals surface area contributed by atoms with Crippen LogP contribution in [-0.4, -0.2) is 23.7 Å². The van der Waals surface area contributed by atoms with Crippen LogP contribution >= 0.6 is 0 Å². The Morgan fingerprint density at radius 2 is 2.00 bits per heavy atom. The van der Waals surface area contributed by atoms with Crippen molar-refractivity contribution >= 4 is 17.7 Å². The van der Waals surface area contributed by atoms with Gasteiger partial charge in [0.1, 0.15) is 0 Å². The molecule has 5 nitrogen and oxygen atoms in total. The predicted octanol–water partition coefficient (Wildman–Crippen LogP) is 2.20. The van der Waals surface area contributed by atoms with Gasteiger partial charge >= 0.3 is 12.0 Å². The number of carboxylic acids is 1. The van der Waals surface area contributed by atoms with Crippen LogP contribution in [0.25, 0.3) is 0 Å². The lowest BCUT2D eigenvalue weighted by Gasteiger charge is -2.12. The van der Waals surface area contributed by atoms with Gasteiger partial charge in [0.15, 0.2) is 11.6 Å². The van der Waals surface area contributed by atoms with Crippen molar-refractivity contribution in [2.24, 2.45) is 5.92 Å². The number of aliphatic carboxylic acids is 1. The molecule has 0 aliphatic carbocycles. The molecule has 0 spiro atoms. The van der Waals surface area contributed by atoms with Crippen molar-refractivity contribution in [2.45, 2.75) is 13.3 Å². The predicted molar refractivity (Wildman–Crippen MR) is 64.8 cm³/mol. The molecule has 0 aliphatic rings. The number of hydrogen-bond donors (Lipinski definition) is 3. The van der Waals surface area contributed by atoms with Gasteiger partial charge in [-0.1, -0.05) is 6.92 Å². The van der Waals surface area contributed by atoms with E-state index in [0.717, 1.165) is 12.1 Å². The summed E-state index contributed by atoms with van der Waals surface area (Å²) in [5.41, 5.74) is 0.0831. The Bertz CT molecular complexity index is 480. The maximum atomic E-state index is 12.9. The second kappa shape index (κ2) is 6.67. The molecule has 104 valence electrons. The lowest BCUT2D eigenvalue weighted by molar-refractivity contribution is -0.141. The third-order valence-corrected chi connectivity index (χ3v) is 2.53. The molecule has 1 aromatic rings. The summed E-state index contributed by atoms with van der Waals surface area (Å²) < 4.78 is 25.5. The highest BCUT2D eigenvalue weighted by Gasteiger charge is 2.15. The number of urea groups is 1. The number of carbonyl (C=O) groups is 2. The van der Waals surface area contributed by atoms with Crippen LogP contribution in [0.4, 0.5) is 19.3 Å². The number of halogens is 2. The first-order chi connectivity index (χ1) is 8.93. The first kappa shape index (κ1) is 14.9. The molecule has 1 rings (SSSR count). The topological polar surface area (TPSA) is 78.4 Å². The van der Waals surface area contributed by atoms with Crippen molar-refractivity contribution in [3.8, 4) is 0 Å². The van der Waals surface area contributed by atoms with E-state index < -0.39 is 29.6 Å². The SMILES string of the molecule is CCC(CNC(=O)Nc1ccc(F)c(F)c1)C(=O)O. The van der Waals surface area contributed by atoms with E-state index in [4.69, 9.17) is 5.11 Å². The summed E-state index contributed by atoms with van der Waals surface area (Å²) in [6.45, 7) is 1.65. The summed E-state index contributed by atoms with van der Waals surface area (Å²) in [6, 6.07) is 2.25. The number of anilines is 1. The molecule has 0 aliphatic heterocycles. The van der Waals surface area contributed by atoms with Crippen LogP contribution < -0.4 is 10.6 Å². The molecular formula is C12H14F2N2O3. The number of carboxylic acid groups (broad SMARTS) is 1. The largest absolute Gasteiger partial charge is 0.481 e. The van der Waals surface area contributed by atoms with Crippen LogP contribution in [-0.2, 0) is 4.79 Å². The molecule has 0 heterocycles. The second-order valence-electron chi connectivity index (χ2n) is 3.91. The monoisotopic (exact) mass is 272 g/mol. The Morgan fingerprint density at radius 3 is 2.53 bits per heavy atom. The summed E-state index contributed by atoms with van der Waals surface area (Å²) in [5, 5.41) is 13.4. The highest BCUT2D eigenvalue weighted by Crippen LogP contribution is 2.12. The molecular weight excluding hydrogens is 258 g/mol. The average Bonchev–Trinajstić information content (AvgIpc) is 2.34. The Labute approximate surface area is 108 Å². The van der Waals surface area contributed by atoms with Gasteiger partial charge in [0.25, 0.3) is 0 Å². The second-order valence-corrected chi connectivity index (χ2v) is 3.91. The van der Waals surface area contributed by atoms with E-state index in [1.165, 1.54) is 6.07 Å². The molecule has 0 fully saturated rings. The smallest absolute Gasteiger partial charge is 0.319 e. The molecule has 1 unspecified atom stereocenters. The Hall–Kier alpha value is -2.18. The zero-order valence-electron chi connectivity index (χ0n) is 10.2. The van der Waals surface area contributed by atoms with Crippen LogP contribution in [0.1, 0.15) is 13.3 Å². The minimum absolute atomic E-state index is 0.0403. The van der Waals surface area contributed by atoms with Crippen molar-refractivity contribution in [1.29, 1.82) is 0 Å². The summed E-state index contributed by atoms with van der Waals surface area (Å²) in [6.07, 6.45) is 0.376. The van der Waals surface area contributed by atoms with Gasteiger partial charge in [0.05, 0.1) is 5.92 Å². The highest BCUT2D eigenvalue weighted by molar-refractivity contribution is 5.89. The lowest BCUT2D eigenvalue weighted by Crippen LogP contribution is -2.35. The fourth-order valence-electron chi connectivity index (χ4n) is 1.37. The molecule has 1 aromatic carbocycles. The van der Waals surface area contributed by atoms with E-state index in [0.29, 0.717) is 6.42 Å². The molecule has 0 aromatic heterocycles. The fourth-order valence-corrected chi connectivity index (χ4v) is 1.37. The average molecular weight is 272 g/mol.